The Bertz CT molecular complexity index is 455. The van der Waals surface area contributed by atoms with Crippen LogP contribution in [0.3, 0.4) is 0 Å². The molecule has 1 fully saturated rings. The molecule has 0 radical (unpaired) electrons. The van der Waals surface area contributed by atoms with Crippen LogP contribution in [0.2, 0.25) is 5.02 Å². The van der Waals surface area contributed by atoms with E-state index in [1.807, 2.05) is 13.0 Å². The summed E-state index contributed by atoms with van der Waals surface area (Å²) in [7, 11) is 0. The van der Waals surface area contributed by atoms with Gasteiger partial charge < -0.3 is 10.1 Å². The van der Waals surface area contributed by atoms with Gasteiger partial charge in [0.25, 0.3) is 0 Å². The minimum absolute atomic E-state index is 0.169. The first kappa shape index (κ1) is 17.5. The second-order valence-electron chi connectivity index (χ2n) is 5.69. The zero-order valence-corrected chi connectivity index (χ0v) is 14.3. The molecule has 22 heavy (non-hydrogen) atoms. The Hall–Kier alpha value is -0.840. The third kappa shape index (κ3) is 4.34. The van der Waals surface area contributed by atoms with E-state index in [1.54, 1.807) is 6.07 Å². The Labute approximate surface area is 137 Å². The van der Waals surface area contributed by atoms with Crippen molar-refractivity contribution in [1.29, 1.82) is 0 Å². The number of ether oxygens (including phenoxy) is 1. The SMILES string of the molecule is CCCC[C@@H](c1cc(F)c(OCC)c(Cl)c1)N1CCNCC1. The van der Waals surface area contributed by atoms with Crippen LogP contribution in [0.4, 0.5) is 4.39 Å². The van der Waals surface area contributed by atoms with Crippen molar-refractivity contribution in [1.82, 2.24) is 10.2 Å². The first-order chi connectivity index (χ1) is 10.7. The van der Waals surface area contributed by atoms with Gasteiger partial charge in [-0.3, -0.25) is 4.90 Å². The molecule has 5 heteroatoms. The molecule has 1 atom stereocenters. The van der Waals surface area contributed by atoms with Crippen molar-refractivity contribution in [3.63, 3.8) is 0 Å². The van der Waals surface area contributed by atoms with Crippen molar-refractivity contribution in [2.75, 3.05) is 32.8 Å². The maximum atomic E-state index is 14.3. The van der Waals surface area contributed by atoms with E-state index in [1.165, 1.54) is 0 Å². The van der Waals surface area contributed by atoms with E-state index in [0.717, 1.165) is 51.0 Å². The van der Waals surface area contributed by atoms with Gasteiger partial charge in [0.1, 0.15) is 0 Å². The number of nitrogens with one attached hydrogen (secondary N) is 1. The number of rotatable bonds is 7. The number of benzene rings is 1. The lowest BCUT2D eigenvalue weighted by Gasteiger charge is -2.35. The van der Waals surface area contributed by atoms with Crippen molar-refractivity contribution in [2.24, 2.45) is 0 Å². The van der Waals surface area contributed by atoms with Gasteiger partial charge >= 0.3 is 0 Å². The number of unbranched alkanes of at least 4 members (excludes halogenated alkanes) is 1. The molecule has 3 nitrogen and oxygen atoms in total. The molecule has 1 aliphatic rings. The molecule has 124 valence electrons. The van der Waals surface area contributed by atoms with Crippen molar-refractivity contribution in [3.05, 3.63) is 28.5 Å². The Morgan fingerprint density at radius 1 is 1.32 bits per heavy atom. The minimum Gasteiger partial charge on any atom is -0.489 e. The van der Waals surface area contributed by atoms with Gasteiger partial charge in [0.2, 0.25) is 0 Å². The maximum Gasteiger partial charge on any atom is 0.173 e. The van der Waals surface area contributed by atoms with Gasteiger partial charge in [-0.25, -0.2) is 4.39 Å². The summed E-state index contributed by atoms with van der Waals surface area (Å²) in [6.07, 6.45) is 3.29. The monoisotopic (exact) mass is 328 g/mol. The Kier molecular flexibility index (Phi) is 6.93. The zero-order valence-electron chi connectivity index (χ0n) is 13.5. The van der Waals surface area contributed by atoms with Crippen LogP contribution in [-0.4, -0.2) is 37.7 Å². The average Bonchev–Trinajstić information content (AvgIpc) is 2.52. The van der Waals surface area contributed by atoms with Crippen LogP contribution < -0.4 is 10.1 Å². The van der Waals surface area contributed by atoms with E-state index < -0.39 is 0 Å². The highest BCUT2D eigenvalue weighted by molar-refractivity contribution is 6.32. The van der Waals surface area contributed by atoms with E-state index in [9.17, 15) is 4.39 Å². The number of piperazine rings is 1. The molecule has 1 aromatic carbocycles. The van der Waals surface area contributed by atoms with Crippen LogP contribution in [0.15, 0.2) is 12.1 Å². The van der Waals surface area contributed by atoms with Crippen LogP contribution in [0.1, 0.15) is 44.7 Å². The van der Waals surface area contributed by atoms with Crippen molar-refractivity contribution in [3.8, 4) is 5.75 Å². The molecule has 0 bridgehead atoms. The second kappa shape index (κ2) is 8.70. The molecule has 0 aliphatic carbocycles. The summed E-state index contributed by atoms with van der Waals surface area (Å²) in [5.74, 6) is -0.191. The zero-order chi connectivity index (χ0) is 15.9. The van der Waals surface area contributed by atoms with Crippen LogP contribution >= 0.6 is 11.6 Å². The molecule has 1 saturated heterocycles. The van der Waals surface area contributed by atoms with Gasteiger partial charge in [0.15, 0.2) is 11.6 Å². The third-order valence-electron chi connectivity index (χ3n) is 4.12. The van der Waals surface area contributed by atoms with Gasteiger partial charge in [-0.2, -0.15) is 0 Å². The molecule has 0 amide bonds. The molecule has 0 unspecified atom stereocenters. The maximum absolute atomic E-state index is 14.3. The van der Waals surface area contributed by atoms with Crippen LogP contribution in [0, 0.1) is 5.82 Å². The summed E-state index contributed by atoms with van der Waals surface area (Å²) in [5.41, 5.74) is 0.960. The predicted octanol–water partition coefficient (Wildman–Crippen LogP) is 4.01. The Morgan fingerprint density at radius 3 is 2.64 bits per heavy atom. The number of nitrogens with zero attached hydrogens (tertiary/aromatic N) is 1. The molecule has 0 aromatic heterocycles. The number of hydrogen-bond acceptors (Lipinski definition) is 3. The quantitative estimate of drug-likeness (QED) is 0.818. The Balaban J connectivity index is 2.25. The summed E-state index contributed by atoms with van der Waals surface area (Å²) >= 11 is 6.23. The second-order valence-corrected chi connectivity index (χ2v) is 6.10. The minimum atomic E-state index is -0.360. The molecule has 1 heterocycles. The van der Waals surface area contributed by atoms with Gasteiger partial charge in [-0.05, 0) is 31.0 Å². The normalized spacial score (nSPS) is 17.5. The molecule has 1 aromatic rings. The molecule has 1 N–H and O–H groups in total. The molecule has 0 saturated carbocycles. The van der Waals surface area contributed by atoms with Gasteiger partial charge in [-0.15, -0.1) is 0 Å². The van der Waals surface area contributed by atoms with E-state index in [0.29, 0.717) is 11.6 Å². The fourth-order valence-electron chi connectivity index (χ4n) is 3.01. The summed E-state index contributed by atoms with van der Waals surface area (Å²) in [5, 5.41) is 3.73. The molecule has 0 spiro atoms. The number of halogens is 2. The van der Waals surface area contributed by atoms with E-state index >= 15 is 0 Å². The fraction of sp³-hybridized carbons (Fsp3) is 0.647. The first-order valence-corrected chi connectivity index (χ1v) is 8.61. The molecular formula is C17H26ClFN2O. The third-order valence-corrected chi connectivity index (χ3v) is 4.40. The molecule has 1 aliphatic heterocycles. The average molecular weight is 329 g/mol. The van der Waals surface area contributed by atoms with Crippen LogP contribution in [-0.2, 0) is 0 Å². The summed E-state index contributed by atoms with van der Waals surface area (Å²) in [6.45, 7) is 8.36. The van der Waals surface area contributed by atoms with E-state index in [2.05, 4.69) is 17.1 Å². The first-order valence-electron chi connectivity index (χ1n) is 8.23. The van der Waals surface area contributed by atoms with Crippen molar-refractivity contribution >= 4 is 11.6 Å². The van der Waals surface area contributed by atoms with E-state index in [4.69, 9.17) is 16.3 Å². The highest BCUT2D eigenvalue weighted by Gasteiger charge is 2.24. The lowest BCUT2D eigenvalue weighted by molar-refractivity contribution is 0.163. The van der Waals surface area contributed by atoms with Crippen molar-refractivity contribution in [2.45, 2.75) is 39.2 Å². The standard InChI is InChI=1S/C17H26ClFN2O/c1-3-5-6-16(21-9-7-20-8-10-21)13-11-14(18)17(22-4-2)15(19)12-13/h11-12,16,20H,3-10H2,1-2H3/t16-/m0/s1. The van der Waals surface area contributed by atoms with Gasteiger partial charge in [0, 0.05) is 32.2 Å². The summed E-state index contributed by atoms with van der Waals surface area (Å²) < 4.78 is 19.6. The predicted molar refractivity (Wildman–Crippen MR) is 89.3 cm³/mol. The largest absolute Gasteiger partial charge is 0.489 e. The molecule has 2 rings (SSSR count). The summed E-state index contributed by atoms with van der Waals surface area (Å²) in [6, 6.07) is 3.70. The number of hydrogen-bond donors (Lipinski definition) is 1. The highest BCUT2D eigenvalue weighted by Crippen LogP contribution is 2.35. The van der Waals surface area contributed by atoms with Crippen molar-refractivity contribution < 1.29 is 9.13 Å². The molecular weight excluding hydrogens is 303 g/mol. The highest BCUT2D eigenvalue weighted by atomic mass is 35.5. The lowest BCUT2D eigenvalue weighted by atomic mass is 9.98. The smallest absolute Gasteiger partial charge is 0.173 e. The van der Waals surface area contributed by atoms with Gasteiger partial charge in [0.05, 0.1) is 11.6 Å². The van der Waals surface area contributed by atoms with Crippen LogP contribution in [0.5, 0.6) is 5.75 Å². The van der Waals surface area contributed by atoms with E-state index in [-0.39, 0.29) is 17.6 Å². The topological polar surface area (TPSA) is 24.5 Å². The Morgan fingerprint density at radius 2 is 2.05 bits per heavy atom. The van der Waals surface area contributed by atoms with Crippen LogP contribution in [0.25, 0.3) is 0 Å². The van der Waals surface area contributed by atoms with Gasteiger partial charge in [-0.1, -0.05) is 31.4 Å². The summed E-state index contributed by atoms with van der Waals surface area (Å²) in [4.78, 5) is 2.43. The fourth-order valence-corrected chi connectivity index (χ4v) is 3.28. The lowest BCUT2D eigenvalue weighted by Crippen LogP contribution is -2.45.